The first kappa shape index (κ1) is 14.7. The van der Waals surface area contributed by atoms with Crippen LogP contribution in [0.5, 0.6) is 0 Å². The van der Waals surface area contributed by atoms with Gasteiger partial charge in [-0.2, -0.15) is 0 Å². The van der Waals surface area contributed by atoms with E-state index in [0.717, 1.165) is 16.3 Å². The Kier molecular flexibility index (Phi) is 3.72. The average molecular weight is 331 g/mol. The first-order chi connectivity index (χ1) is 10.4. The molecule has 0 radical (unpaired) electrons. The van der Waals surface area contributed by atoms with Gasteiger partial charge in [0.1, 0.15) is 0 Å². The number of anilines is 1. The summed E-state index contributed by atoms with van der Waals surface area (Å²) in [5, 5.41) is 3.81. The highest BCUT2D eigenvalue weighted by Crippen LogP contribution is 2.26. The predicted molar refractivity (Wildman–Crippen MR) is 89.3 cm³/mol. The Bertz CT molecular complexity index is 908. The van der Waals surface area contributed by atoms with Gasteiger partial charge in [-0.25, -0.2) is 8.42 Å². The monoisotopic (exact) mass is 331 g/mol. The van der Waals surface area contributed by atoms with Crippen molar-refractivity contribution in [1.29, 1.82) is 0 Å². The highest BCUT2D eigenvalue weighted by molar-refractivity contribution is 7.90. The zero-order valence-corrected chi connectivity index (χ0v) is 13.4. The van der Waals surface area contributed by atoms with Gasteiger partial charge < -0.3 is 5.32 Å². The Balaban J connectivity index is 1.82. The summed E-state index contributed by atoms with van der Waals surface area (Å²) in [7, 11) is -3.23. The van der Waals surface area contributed by atoms with Gasteiger partial charge in [-0.05, 0) is 41.8 Å². The van der Waals surface area contributed by atoms with Crippen molar-refractivity contribution in [2.75, 3.05) is 11.6 Å². The van der Waals surface area contributed by atoms with Crippen LogP contribution in [0.1, 0.15) is 9.67 Å². The molecule has 4 nitrogen and oxygen atoms in total. The standard InChI is InChI=1S/C16H13NO3S2/c1-22(19,20)13-8-6-12(7-9-13)17-16(18)15-10-11-4-2-3-5-14(11)21-15/h2-10H,1H3,(H,17,18). The van der Waals surface area contributed by atoms with Gasteiger partial charge in [0, 0.05) is 16.6 Å². The lowest BCUT2D eigenvalue weighted by Crippen LogP contribution is -2.10. The van der Waals surface area contributed by atoms with Crippen molar-refractivity contribution in [2.24, 2.45) is 0 Å². The van der Waals surface area contributed by atoms with Crippen LogP contribution in [0.15, 0.2) is 59.5 Å². The van der Waals surface area contributed by atoms with Crippen LogP contribution in [0.2, 0.25) is 0 Å². The minimum absolute atomic E-state index is 0.201. The summed E-state index contributed by atoms with van der Waals surface area (Å²) in [6, 6.07) is 15.8. The molecule has 1 N–H and O–H groups in total. The third kappa shape index (κ3) is 3.03. The Morgan fingerprint density at radius 2 is 1.73 bits per heavy atom. The fourth-order valence-electron chi connectivity index (χ4n) is 2.07. The molecular formula is C16H13NO3S2. The van der Waals surface area contributed by atoms with Crippen LogP contribution >= 0.6 is 11.3 Å². The molecular weight excluding hydrogens is 318 g/mol. The van der Waals surface area contributed by atoms with Crippen molar-refractivity contribution in [3.63, 3.8) is 0 Å². The van der Waals surface area contributed by atoms with Gasteiger partial charge in [0.05, 0.1) is 9.77 Å². The maximum Gasteiger partial charge on any atom is 0.265 e. The minimum Gasteiger partial charge on any atom is -0.321 e. The van der Waals surface area contributed by atoms with Gasteiger partial charge in [0.2, 0.25) is 0 Å². The van der Waals surface area contributed by atoms with E-state index < -0.39 is 9.84 Å². The number of hydrogen-bond donors (Lipinski definition) is 1. The van der Waals surface area contributed by atoms with Crippen molar-refractivity contribution in [3.05, 3.63) is 59.5 Å². The minimum atomic E-state index is -3.23. The smallest absolute Gasteiger partial charge is 0.265 e. The molecule has 0 aliphatic rings. The van der Waals surface area contributed by atoms with Crippen LogP contribution in [0.25, 0.3) is 10.1 Å². The van der Waals surface area contributed by atoms with E-state index in [-0.39, 0.29) is 10.8 Å². The number of nitrogens with one attached hydrogen (secondary N) is 1. The van der Waals surface area contributed by atoms with Gasteiger partial charge in [0.15, 0.2) is 9.84 Å². The molecule has 2 aromatic carbocycles. The molecule has 3 aromatic rings. The summed E-state index contributed by atoms with van der Waals surface area (Å²) in [6.07, 6.45) is 1.15. The lowest BCUT2D eigenvalue weighted by atomic mass is 10.2. The first-order valence-corrected chi connectivity index (χ1v) is 9.24. The number of hydrogen-bond acceptors (Lipinski definition) is 4. The first-order valence-electron chi connectivity index (χ1n) is 6.53. The van der Waals surface area contributed by atoms with Crippen molar-refractivity contribution in [2.45, 2.75) is 4.90 Å². The van der Waals surface area contributed by atoms with E-state index in [4.69, 9.17) is 0 Å². The molecule has 0 bridgehead atoms. The van der Waals surface area contributed by atoms with E-state index >= 15 is 0 Å². The van der Waals surface area contributed by atoms with Crippen LogP contribution in [-0.2, 0) is 9.84 Å². The highest BCUT2D eigenvalue weighted by atomic mass is 32.2. The van der Waals surface area contributed by atoms with Crippen molar-refractivity contribution in [1.82, 2.24) is 0 Å². The molecule has 1 aromatic heterocycles. The summed E-state index contributed by atoms with van der Waals surface area (Å²) < 4.78 is 23.9. The number of carbonyl (C=O) groups is 1. The Labute approximate surface area is 132 Å². The number of benzene rings is 2. The molecule has 0 saturated carbocycles. The maximum atomic E-state index is 12.2. The fourth-order valence-corrected chi connectivity index (χ4v) is 3.66. The van der Waals surface area contributed by atoms with Gasteiger partial charge in [-0.1, -0.05) is 18.2 Å². The second-order valence-corrected chi connectivity index (χ2v) is 8.00. The molecule has 0 atom stereocenters. The van der Waals surface area contributed by atoms with E-state index in [2.05, 4.69) is 5.32 Å². The Morgan fingerprint density at radius 1 is 1.05 bits per heavy atom. The lowest BCUT2D eigenvalue weighted by Gasteiger charge is -2.04. The number of rotatable bonds is 3. The summed E-state index contributed by atoms with van der Waals surface area (Å²) in [5.74, 6) is -0.201. The van der Waals surface area contributed by atoms with Crippen LogP contribution in [0, 0.1) is 0 Å². The number of amides is 1. The second-order valence-electron chi connectivity index (χ2n) is 4.90. The van der Waals surface area contributed by atoms with E-state index in [0.29, 0.717) is 10.6 Å². The molecule has 1 amide bonds. The maximum absolute atomic E-state index is 12.2. The second kappa shape index (κ2) is 5.55. The Morgan fingerprint density at radius 3 is 2.36 bits per heavy atom. The third-order valence-electron chi connectivity index (χ3n) is 3.19. The fraction of sp³-hybridized carbons (Fsp3) is 0.0625. The summed E-state index contributed by atoms with van der Waals surface area (Å²) in [6.45, 7) is 0. The van der Waals surface area contributed by atoms with Crippen LogP contribution < -0.4 is 5.32 Å². The van der Waals surface area contributed by atoms with Gasteiger partial charge in [0.25, 0.3) is 5.91 Å². The van der Waals surface area contributed by atoms with Crippen LogP contribution in [0.4, 0.5) is 5.69 Å². The van der Waals surface area contributed by atoms with Gasteiger partial charge >= 0.3 is 0 Å². The number of fused-ring (bicyclic) bond motifs is 1. The normalized spacial score (nSPS) is 11.5. The number of sulfone groups is 1. The van der Waals surface area contributed by atoms with Crippen molar-refractivity contribution < 1.29 is 13.2 Å². The predicted octanol–water partition coefficient (Wildman–Crippen LogP) is 3.56. The SMILES string of the molecule is CS(=O)(=O)c1ccc(NC(=O)c2cc3ccccc3s2)cc1. The van der Waals surface area contributed by atoms with E-state index in [1.54, 1.807) is 12.1 Å². The van der Waals surface area contributed by atoms with Crippen molar-refractivity contribution in [3.8, 4) is 0 Å². The van der Waals surface area contributed by atoms with E-state index in [1.165, 1.54) is 23.5 Å². The quantitative estimate of drug-likeness (QED) is 0.798. The van der Waals surface area contributed by atoms with E-state index in [9.17, 15) is 13.2 Å². The molecule has 0 unspecified atom stereocenters. The number of carbonyl (C=O) groups excluding carboxylic acids is 1. The molecule has 1 heterocycles. The molecule has 22 heavy (non-hydrogen) atoms. The van der Waals surface area contributed by atoms with Gasteiger partial charge in [-0.3, -0.25) is 4.79 Å². The summed E-state index contributed by atoms with van der Waals surface area (Å²) in [4.78, 5) is 13.1. The Hall–Kier alpha value is -2.18. The molecule has 6 heteroatoms. The molecule has 112 valence electrons. The van der Waals surface area contributed by atoms with Crippen molar-refractivity contribution >= 4 is 42.9 Å². The zero-order chi connectivity index (χ0) is 15.7. The summed E-state index contributed by atoms with van der Waals surface area (Å²) >= 11 is 1.42. The lowest BCUT2D eigenvalue weighted by molar-refractivity contribution is 0.103. The molecule has 0 aliphatic carbocycles. The number of thiophene rings is 1. The van der Waals surface area contributed by atoms with Crippen LogP contribution in [-0.4, -0.2) is 20.6 Å². The average Bonchev–Trinajstić information content (AvgIpc) is 2.91. The molecule has 0 fully saturated rings. The highest BCUT2D eigenvalue weighted by Gasteiger charge is 2.11. The van der Waals surface area contributed by atoms with Crippen LogP contribution in [0.3, 0.4) is 0 Å². The summed E-state index contributed by atoms with van der Waals surface area (Å²) in [5.41, 5.74) is 0.565. The topological polar surface area (TPSA) is 63.2 Å². The zero-order valence-electron chi connectivity index (χ0n) is 11.7. The molecule has 0 spiro atoms. The molecule has 0 saturated heterocycles. The van der Waals surface area contributed by atoms with Gasteiger partial charge in [-0.15, -0.1) is 11.3 Å². The molecule has 3 rings (SSSR count). The molecule has 0 aliphatic heterocycles. The largest absolute Gasteiger partial charge is 0.321 e. The van der Waals surface area contributed by atoms with E-state index in [1.807, 2.05) is 30.3 Å². The third-order valence-corrected chi connectivity index (χ3v) is 5.43.